The first kappa shape index (κ1) is 16.3. The Labute approximate surface area is 130 Å². The van der Waals surface area contributed by atoms with Gasteiger partial charge in [-0.05, 0) is 39.2 Å². The summed E-state index contributed by atoms with van der Waals surface area (Å²) in [6.45, 7) is 5.43. The topological polar surface area (TPSA) is 66.8 Å². The van der Waals surface area contributed by atoms with E-state index in [1.54, 1.807) is 4.90 Å². The minimum Gasteiger partial charge on any atom is -0.481 e. The molecule has 1 aromatic rings. The molecule has 1 aliphatic rings. The van der Waals surface area contributed by atoms with Gasteiger partial charge in [0.2, 0.25) is 0 Å². The van der Waals surface area contributed by atoms with Crippen LogP contribution >= 0.6 is 0 Å². The maximum absolute atomic E-state index is 12.5. The van der Waals surface area contributed by atoms with Crippen molar-refractivity contribution in [3.8, 4) is 0 Å². The third-order valence-electron chi connectivity index (χ3n) is 3.70. The Morgan fingerprint density at radius 1 is 1.23 bits per heavy atom. The molecule has 0 spiro atoms. The molecule has 0 bridgehead atoms. The number of ether oxygens (including phenoxy) is 1. The number of likely N-dealkylation sites (tertiary alicyclic amines) is 1. The fourth-order valence-electron chi connectivity index (χ4n) is 2.88. The van der Waals surface area contributed by atoms with Crippen LogP contribution in [0.15, 0.2) is 30.3 Å². The van der Waals surface area contributed by atoms with E-state index in [1.165, 1.54) is 0 Å². The van der Waals surface area contributed by atoms with Gasteiger partial charge < -0.3 is 9.84 Å². The van der Waals surface area contributed by atoms with E-state index in [4.69, 9.17) is 9.84 Å². The molecule has 2 rings (SSSR count). The molecule has 120 valence electrons. The lowest BCUT2D eigenvalue weighted by atomic mass is 10.0. The summed E-state index contributed by atoms with van der Waals surface area (Å²) < 4.78 is 5.48. The van der Waals surface area contributed by atoms with Crippen molar-refractivity contribution in [2.75, 3.05) is 0 Å². The molecule has 1 fully saturated rings. The first-order valence-corrected chi connectivity index (χ1v) is 7.56. The summed E-state index contributed by atoms with van der Waals surface area (Å²) in [5, 5.41) is 9.08. The lowest BCUT2D eigenvalue weighted by Gasteiger charge is -2.32. The molecule has 1 heterocycles. The van der Waals surface area contributed by atoms with Crippen molar-refractivity contribution < 1.29 is 19.4 Å². The monoisotopic (exact) mass is 305 g/mol. The van der Waals surface area contributed by atoms with E-state index in [-0.39, 0.29) is 18.5 Å². The average Bonchev–Trinajstić information content (AvgIpc) is 2.80. The predicted molar refractivity (Wildman–Crippen MR) is 82.5 cm³/mol. The van der Waals surface area contributed by atoms with Gasteiger partial charge in [0.1, 0.15) is 5.60 Å². The average molecular weight is 305 g/mol. The van der Waals surface area contributed by atoms with Crippen LogP contribution in [0.1, 0.15) is 51.6 Å². The van der Waals surface area contributed by atoms with Gasteiger partial charge in [0.15, 0.2) is 0 Å². The highest BCUT2D eigenvalue weighted by molar-refractivity contribution is 5.73. The van der Waals surface area contributed by atoms with Crippen LogP contribution < -0.4 is 0 Å². The number of rotatable bonds is 3. The summed E-state index contributed by atoms with van der Waals surface area (Å²) in [6, 6.07) is 9.25. The number of carbonyl (C=O) groups excluding carboxylic acids is 1. The Morgan fingerprint density at radius 2 is 1.86 bits per heavy atom. The summed E-state index contributed by atoms with van der Waals surface area (Å²) >= 11 is 0. The fourth-order valence-corrected chi connectivity index (χ4v) is 2.88. The van der Waals surface area contributed by atoms with Gasteiger partial charge in [-0.1, -0.05) is 30.3 Å². The minimum absolute atomic E-state index is 0.0530. The van der Waals surface area contributed by atoms with E-state index in [1.807, 2.05) is 51.1 Å². The van der Waals surface area contributed by atoms with Crippen LogP contribution in [0.2, 0.25) is 0 Å². The highest BCUT2D eigenvalue weighted by Crippen LogP contribution is 2.38. The van der Waals surface area contributed by atoms with Crippen molar-refractivity contribution >= 4 is 12.1 Å². The van der Waals surface area contributed by atoms with Gasteiger partial charge >= 0.3 is 12.1 Å². The summed E-state index contributed by atoms with van der Waals surface area (Å²) in [5.41, 5.74) is 0.413. The molecule has 1 aromatic carbocycles. The third kappa shape index (κ3) is 4.00. The first-order chi connectivity index (χ1) is 10.3. The van der Waals surface area contributed by atoms with E-state index in [0.29, 0.717) is 6.42 Å². The molecule has 1 N–H and O–H groups in total. The van der Waals surface area contributed by atoms with Gasteiger partial charge in [-0.15, -0.1) is 0 Å². The molecule has 22 heavy (non-hydrogen) atoms. The van der Waals surface area contributed by atoms with Crippen LogP contribution in [0.25, 0.3) is 0 Å². The van der Waals surface area contributed by atoms with E-state index in [0.717, 1.165) is 12.0 Å². The highest BCUT2D eigenvalue weighted by Gasteiger charge is 2.40. The largest absolute Gasteiger partial charge is 0.481 e. The van der Waals surface area contributed by atoms with Gasteiger partial charge in [0.05, 0.1) is 12.5 Å². The SMILES string of the molecule is CC(C)(C)OC(=O)N1[C@H](CC(=O)O)CC[C@@H]1c1ccccc1. The van der Waals surface area contributed by atoms with Gasteiger partial charge in [-0.3, -0.25) is 9.69 Å². The summed E-state index contributed by atoms with van der Waals surface area (Å²) in [5.74, 6) is -0.896. The quantitative estimate of drug-likeness (QED) is 0.926. The smallest absolute Gasteiger partial charge is 0.411 e. The van der Waals surface area contributed by atoms with Gasteiger partial charge in [0, 0.05) is 6.04 Å². The molecule has 0 radical (unpaired) electrons. The maximum atomic E-state index is 12.5. The number of carboxylic acid groups (broad SMARTS) is 1. The Hall–Kier alpha value is -2.04. The second-order valence-electron chi connectivity index (χ2n) is 6.64. The second kappa shape index (κ2) is 6.38. The minimum atomic E-state index is -0.896. The first-order valence-electron chi connectivity index (χ1n) is 7.56. The number of benzene rings is 1. The number of carbonyl (C=O) groups is 2. The molecule has 0 aliphatic carbocycles. The number of hydrogen-bond donors (Lipinski definition) is 1. The van der Waals surface area contributed by atoms with Crippen LogP contribution in [-0.2, 0) is 9.53 Å². The molecule has 5 heteroatoms. The maximum Gasteiger partial charge on any atom is 0.411 e. The number of hydrogen-bond acceptors (Lipinski definition) is 3. The zero-order chi connectivity index (χ0) is 16.3. The predicted octanol–water partition coefficient (Wildman–Crippen LogP) is 3.60. The van der Waals surface area contributed by atoms with Gasteiger partial charge in [0.25, 0.3) is 0 Å². The Morgan fingerprint density at radius 3 is 2.41 bits per heavy atom. The van der Waals surface area contributed by atoms with E-state index >= 15 is 0 Å². The molecule has 0 unspecified atom stereocenters. The molecule has 2 atom stereocenters. The van der Waals surface area contributed by atoms with Crippen LogP contribution in [0.3, 0.4) is 0 Å². The highest BCUT2D eigenvalue weighted by atomic mass is 16.6. The molecule has 1 aliphatic heterocycles. The number of amides is 1. The lowest BCUT2D eigenvalue weighted by molar-refractivity contribution is -0.138. The second-order valence-corrected chi connectivity index (χ2v) is 6.64. The summed E-state index contributed by atoms with van der Waals surface area (Å²) in [6.07, 6.45) is 0.930. The Bertz CT molecular complexity index is 535. The van der Waals surface area contributed by atoms with Crippen molar-refractivity contribution in [1.29, 1.82) is 0 Å². The van der Waals surface area contributed by atoms with Crippen LogP contribution in [0.5, 0.6) is 0 Å². The van der Waals surface area contributed by atoms with Crippen molar-refractivity contribution in [1.82, 2.24) is 4.90 Å². The normalized spacial score (nSPS) is 21.7. The number of nitrogens with zero attached hydrogens (tertiary/aromatic N) is 1. The zero-order valence-electron chi connectivity index (χ0n) is 13.3. The van der Waals surface area contributed by atoms with Crippen LogP contribution in [-0.4, -0.2) is 33.7 Å². The summed E-state index contributed by atoms with van der Waals surface area (Å²) in [7, 11) is 0. The van der Waals surface area contributed by atoms with Crippen molar-refractivity contribution in [2.45, 2.75) is 57.7 Å². The van der Waals surface area contributed by atoms with Gasteiger partial charge in [-0.25, -0.2) is 4.79 Å². The van der Waals surface area contributed by atoms with Crippen LogP contribution in [0, 0.1) is 0 Å². The van der Waals surface area contributed by atoms with E-state index < -0.39 is 17.7 Å². The van der Waals surface area contributed by atoms with Crippen molar-refractivity contribution in [2.24, 2.45) is 0 Å². The molecule has 5 nitrogen and oxygen atoms in total. The molecule has 0 saturated carbocycles. The van der Waals surface area contributed by atoms with E-state index in [2.05, 4.69) is 0 Å². The van der Waals surface area contributed by atoms with E-state index in [9.17, 15) is 9.59 Å². The molecular formula is C17H23NO4. The van der Waals surface area contributed by atoms with Crippen LogP contribution in [0.4, 0.5) is 4.79 Å². The van der Waals surface area contributed by atoms with Crippen molar-refractivity contribution in [3.05, 3.63) is 35.9 Å². The lowest BCUT2D eigenvalue weighted by Crippen LogP contribution is -2.42. The Balaban J connectivity index is 2.25. The molecule has 1 saturated heterocycles. The molecular weight excluding hydrogens is 282 g/mol. The molecule has 0 aromatic heterocycles. The number of aliphatic carboxylic acids is 1. The number of carboxylic acids is 1. The summed E-state index contributed by atoms with van der Waals surface area (Å²) in [4.78, 5) is 25.2. The zero-order valence-corrected chi connectivity index (χ0v) is 13.3. The Kier molecular flexibility index (Phi) is 4.74. The molecule has 1 amide bonds. The standard InChI is InChI=1S/C17H23NO4/c1-17(2,3)22-16(21)18-13(11-15(19)20)9-10-14(18)12-7-5-4-6-8-12/h4-8,13-14H,9-11H2,1-3H3,(H,19,20)/t13-,14+/m0/s1. The fraction of sp³-hybridized carbons (Fsp3) is 0.529. The van der Waals surface area contributed by atoms with Gasteiger partial charge in [-0.2, -0.15) is 0 Å². The van der Waals surface area contributed by atoms with Crippen molar-refractivity contribution in [3.63, 3.8) is 0 Å². The third-order valence-corrected chi connectivity index (χ3v) is 3.70.